The molecule has 0 aromatic carbocycles. The van der Waals surface area contributed by atoms with Crippen molar-refractivity contribution in [3.05, 3.63) is 18.7 Å². The molecule has 2 aromatic rings. The van der Waals surface area contributed by atoms with Crippen molar-refractivity contribution < 1.29 is 9.53 Å². The van der Waals surface area contributed by atoms with Crippen LogP contribution in [0, 0.1) is 0 Å². The van der Waals surface area contributed by atoms with Gasteiger partial charge in [0.25, 0.3) is 0 Å². The van der Waals surface area contributed by atoms with Crippen molar-refractivity contribution >= 4 is 17.8 Å². The van der Waals surface area contributed by atoms with Crippen LogP contribution in [-0.2, 0) is 9.53 Å². The van der Waals surface area contributed by atoms with E-state index in [9.17, 15) is 4.79 Å². The SMILES string of the molecule is CNc1nc(NCCOCC(N)=O)nc(-n2ccnc2)n1. The number of carbonyl (C=O) groups excluding carboxylic acids is 1. The Morgan fingerprint density at radius 2 is 2.19 bits per heavy atom. The summed E-state index contributed by atoms with van der Waals surface area (Å²) in [4.78, 5) is 27.1. The van der Waals surface area contributed by atoms with E-state index in [0.717, 1.165) is 0 Å². The zero-order chi connectivity index (χ0) is 15.1. The number of nitrogens with one attached hydrogen (secondary N) is 2. The van der Waals surface area contributed by atoms with Crippen LogP contribution >= 0.6 is 0 Å². The lowest BCUT2D eigenvalue weighted by Crippen LogP contribution is -2.21. The molecule has 21 heavy (non-hydrogen) atoms. The number of ether oxygens (including phenoxy) is 1. The Balaban J connectivity index is 1.99. The molecule has 4 N–H and O–H groups in total. The number of rotatable bonds is 8. The number of hydrogen-bond donors (Lipinski definition) is 3. The second-order valence-corrected chi connectivity index (χ2v) is 3.95. The molecule has 0 unspecified atom stereocenters. The summed E-state index contributed by atoms with van der Waals surface area (Å²) in [6, 6.07) is 0. The highest BCUT2D eigenvalue weighted by atomic mass is 16.5. The zero-order valence-electron chi connectivity index (χ0n) is 11.5. The van der Waals surface area contributed by atoms with Crippen LogP contribution in [0.15, 0.2) is 18.7 Å². The first-order valence-corrected chi connectivity index (χ1v) is 6.21. The molecule has 2 aromatic heterocycles. The van der Waals surface area contributed by atoms with Gasteiger partial charge in [0.05, 0.1) is 6.61 Å². The fraction of sp³-hybridized carbons (Fsp3) is 0.364. The minimum Gasteiger partial charge on any atom is -0.370 e. The van der Waals surface area contributed by atoms with E-state index < -0.39 is 5.91 Å². The van der Waals surface area contributed by atoms with E-state index in [4.69, 9.17) is 10.5 Å². The molecule has 2 heterocycles. The van der Waals surface area contributed by atoms with Gasteiger partial charge in [0.15, 0.2) is 0 Å². The summed E-state index contributed by atoms with van der Waals surface area (Å²) in [6.45, 7) is 0.634. The molecular weight excluding hydrogens is 276 g/mol. The monoisotopic (exact) mass is 292 g/mol. The number of nitrogens with two attached hydrogens (primary N) is 1. The summed E-state index contributed by atoms with van der Waals surface area (Å²) in [5.41, 5.74) is 4.96. The van der Waals surface area contributed by atoms with Gasteiger partial charge in [0, 0.05) is 26.0 Å². The first kappa shape index (κ1) is 14.7. The molecule has 0 radical (unpaired) electrons. The number of hydrogen-bond acceptors (Lipinski definition) is 8. The lowest BCUT2D eigenvalue weighted by atomic mass is 10.6. The molecule has 1 amide bonds. The molecule has 0 saturated heterocycles. The first-order valence-electron chi connectivity index (χ1n) is 6.21. The van der Waals surface area contributed by atoms with Gasteiger partial charge in [0.2, 0.25) is 23.8 Å². The van der Waals surface area contributed by atoms with E-state index in [0.29, 0.717) is 31.0 Å². The van der Waals surface area contributed by atoms with Crippen LogP contribution in [0.4, 0.5) is 11.9 Å². The normalized spacial score (nSPS) is 10.3. The van der Waals surface area contributed by atoms with Crippen LogP contribution in [0.1, 0.15) is 0 Å². The van der Waals surface area contributed by atoms with Crippen molar-refractivity contribution in [2.75, 3.05) is 37.4 Å². The van der Waals surface area contributed by atoms with Gasteiger partial charge in [-0.05, 0) is 0 Å². The molecule has 10 nitrogen and oxygen atoms in total. The lowest BCUT2D eigenvalue weighted by Gasteiger charge is -2.08. The van der Waals surface area contributed by atoms with Crippen molar-refractivity contribution in [3.63, 3.8) is 0 Å². The average molecular weight is 292 g/mol. The van der Waals surface area contributed by atoms with E-state index in [1.54, 1.807) is 30.3 Å². The first-order chi connectivity index (χ1) is 10.2. The van der Waals surface area contributed by atoms with Crippen LogP contribution in [-0.4, -0.2) is 57.2 Å². The minimum atomic E-state index is -0.505. The topological polar surface area (TPSA) is 133 Å². The summed E-state index contributed by atoms with van der Waals surface area (Å²) in [6.07, 6.45) is 4.96. The molecule has 0 aliphatic heterocycles. The minimum absolute atomic E-state index is 0.110. The van der Waals surface area contributed by atoms with Gasteiger partial charge in [-0.1, -0.05) is 0 Å². The van der Waals surface area contributed by atoms with E-state index in [1.165, 1.54) is 0 Å². The van der Waals surface area contributed by atoms with E-state index in [2.05, 4.69) is 30.6 Å². The highest BCUT2D eigenvalue weighted by Crippen LogP contribution is 2.08. The Bertz CT molecular complexity index is 586. The number of amides is 1. The Morgan fingerprint density at radius 3 is 2.86 bits per heavy atom. The second-order valence-electron chi connectivity index (χ2n) is 3.95. The number of primary amides is 1. The van der Waals surface area contributed by atoms with Crippen molar-refractivity contribution in [1.29, 1.82) is 0 Å². The van der Waals surface area contributed by atoms with Crippen LogP contribution < -0.4 is 16.4 Å². The van der Waals surface area contributed by atoms with Crippen molar-refractivity contribution in [2.24, 2.45) is 5.73 Å². The summed E-state index contributed by atoms with van der Waals surface area (Å²) in [5, 5.41) is 5.84. The predicted molar refractivity (Wildman–Crippen MR) is 75.0 cm³/mol. The molecule has 0 bridgehead atoms. The van der Waals surface area contributed by atoms with Gasteiger partial charge in [-0.2, -0.15) is 15.0 Å². The van der Waals surface area contributed by atoms with Gasteiger partial charge in [-0.25, -0.2) is 4.98 Å². The molecular formula is C11H16N8O2. The van der Waals surface area contributed by atoms with Crippen LogP contribution in [0.25, 0.3) is 5.95 Å². The fourth-order valence-electron chi connectivity index (χ4n) is 1.46. The van der Waals surface area contributed by atoms with E-state index in [-0.39, 0.29) is 6.61 Å². The molecule has 0 spiro atoms. The standard InChI is InChI=1S/C11H16N8O2/c1-13-9-16-10(15-3-5-21-6-8(12)20)18-11(17-9)19-4-2-14-7-19/h2,4,7H,3,5-6H2,1H3,(H2,12,20)(H2,13,15,16,17,18). The molecule has 112 valence electrons. The molecule has 2 rings (SSSR count). The van der Waals surface area contributed by atoms with Crippen molar-refractivity contribution in [1.82, 2.24) is 24.5 Å². The average Bonchev–Trinajstić information content (AvgIpc) is 3.00. The molecule has 0 saturated carbocycles. The summed E-state index contributed by atoms with van der Waals surface area (Å²) >= 11 is 0. The molecule has 0 fully saturated rings. The summed E-state index contributed by atoms with van der Waals surface area (Å²) < 4.78 is 6.70. The Kier molecular flexibility index (Phi) is 4.99. The van der Waals surface area contributed by atoms with E-state index >= 15 is 0 Å². The number of nitrogens with zero attached hydrogens (tertiary/aromatic N) is 5. The number of aromatic nitrogens is 5. The van der Waals surface area contributed by atoms with Crippen molar-refractivity contribution in [3.8, 4) is 5.95 Å². The maximum atomic E-state index is 10.5. The third kappa shape index (κ3) is 4.38. The van der Waals surface area contributed by atoms with Crippen LogP contribution in [0.3, 0.4) is 0 Å². The third-order valence-electron chi connectivity index (χ3n) is 2.36. The summed E-state index contributed by atoms with van der Waals surface area (Å²) in [5.74, 6) is 0.748. The Hall–Kier alpha value is -2.75. The number of anilines is 2. The lowest BCUT2D eigenvalue weighted by molar-refractivity contribution is -0.122. The molecule has 0 aliphatic rings. The molecule has 0 aliphatic carbocycles. The van der Waals surface area contributed by atoms with Crippen LogP contribution in [0.2, 0.25) is 0 Å². The highest BCUT2D eigenvalue weighted by Gasteiger charge is 2.06. The summed E-state index contributed by atoms with van der Waals surface area (Å²) in [7, 11) is 1.72. The third-order valence-corrected chi connectivity index (χ3v) is 2.36. The van der Waals surface area contributed by atoms with Gasteiger partial charge in [-0.3, -0.25) is 9.36 Å². The maximum absolute atomic E-state index is 10.5. The smallest absolute Gasteiger partial charge is 0.243 e. The van der Waals surface area contributed by atoms with Gasteiger partial charge in [-0.15, -0.1) is 0 Å². The quantitative estimate of drug-likeness (QED) is 0.528. The zero-order valence-corrected chi connectivity index (χ0v) is 11.5. The second kappa shape index (κ2) is 7.14. The van der Waals surface area contributed by atoms with Gasteiger partial charge < -0.3 is 21.1 Å². The van der Waals surface area contributed by atoms with Crippen molar-refractivity contribution in [2.45, 2.75) is 0 Å². The van der Waals surface area contributed by atoms with Gasteiger partial charge >= 0.3 is 0 Å². The molecule has 10 heteroatoms. The van der Waals surface area contributed by atoms with Crippen LogP contribution in [0.5, 0.6) is 0 Å². The predicted octanol–water partition coefficient (Wildman–Crippen LogP) is -0.987. The van der Waals surface area contributed by atoms with E-state index in [1.807, 2.05) is 0 Å². The maximum Gasteiger partial charge on any atom is 0.243 e. The fourth-order valence-corrected chi connectivity index (χ4v) is 1.46. The number of imidazole rings is 1. The molecule has 0 atom stereocenters. The highest BCUT2D eigenvalue weighted by molar-refractivity contribution is 5.74. The Morgan fingerprint density at radius 1 is 1.38 bits per heavy atom. The number of carbonyl (C=O) groups is 1. The Labute approximate surface area is 120 Å². The largest absolute Gasteiger partial charge is 0.370 e. The van der Waals surface area contributed by atoms with Gasteiger partial charge in [0.1, 0.15) is 12.9 Å².